The van der Waals surface area contributed by atoms with Gasteiger partial charge in [0, 0.05) is 29.3 Å². The summed E-state index contributed by atoms with van der Waals surface area (Å²) >= 11 is 0. The molecule has 1 aliphatic heterocycles. The molecule has 0 radical (unpaired) electrons. The van der Waals surface area contributed by atoms with Gasteiger partial charge in [-0.15, -0.1) is 0 Å². The van der Waals surface area contributed by atoms with E-state index in [0.29, 0.717) is 23.3 Å². The van der Waals surface area contributed by atoms with E-state index in [2.05, 4.69) is 20.7 Å². The Hall–Kier alpha value is -3.22. The molecule has 1 aromatic carbocycles. The van der Waals surface area contributed by atoms with E-state index < -0.39 is 6.17 Å². The van der Waals surface area contributed by atoms with Gasteiger partial charge in [0.2, 0.25) is 5.91 Å². The Morgan fingerprint density at radius 2 is 2.08 bits per heavy atom. The standard InChI is InChI=1S/C19H18FN5O/c1-12-8-9-16(26)23-18(22-12)17-14-6-4-10-21-19(14)25(24-17)11-13-5-2-3-7-15(13)20/h2-8,10,18,22H,9,11H2,1H3,(H,23,26). The molecule has 2 N–H and O–H groups in total. The number of pyridine rings is 1. The number of hydrogen-bond donors (Lipinski definition) is 2. The average molecular weight is 351 g/mol. The number of aromatic nitrogens is 3. The van der Waals surface area contributed by atoms with Crippen LogP contribution in [0.4, 0.5) is 4.39 Å². The molecule has 26 heavy (non-hydrogen) atoms. The first-order chi connectivity index (χ1) is 12.6. The fraction of sp³-hybridized carbons (Fsp3) is 0.211. The van der Waals surface area contributed by atoms with E-state index in [1.54, 1.807) is 29.1 Å². The van der Waals surface area contributed by atoms with Gasteiger partial charge in [0.25, 0.3) is 0 Å². The van der Waals surface area contributed by atoms with Crippen molar-refractivity contribution in [3.63, 3.8) is 0 Å². The van der Waals surface area contributed by atoms with Crippen LogP contribution in [0.3, 0.4) is 0 Å². The zero-order valence-corrected chi connectivity index (χ0v) is 14.2. The number of carbonyl (C=O) groups is 1. The van der Waals surface area contributed by atoms with Crippen LogP contribution in [0.1, 0.15) is 30.8 Å². The maximum Gasteiger partial charge on any atom is 0.225 e. The lowest BCUT2D eigenvalue weighted by Gasteiger charge is -2.17. The van der Waals surface area contributed by atoms with Crippen molar-refractivity contribution >= 4 is 16.9 Å². The SMILES string of the molecule is CC1=CCC(=O)NC(c2nn(Cc3ccccc3F)c3ncccc23)N1. The van der Waals surface area contributed by atoms with E-state index in [9.17, 15) is 9.18 Å². The molecule has 0 spiro atoms. The predicted octanol–water partition coefficient (Wildman–Crippen LogP) is 2.63. The minimum Gasteiger partial charge on any atom is -0.364 e. The third kappa shape index (κ3) is 3.03. The first kappa shape index (κ1) is 16.3. The number of hydrogen-bond acceptors (Lipinski definition) is 4. The van der Waals surface area contributed by atoms with Crippen LogP contribution in [0.2, 0.25) is 0 Å². The Kier molecular flexibility index (Phi) is 4.12. The van der Waals surface area contributed by atoms with Crippen LogP contribution >= 0.6 is 0 Å². The van der Waals surface area contributed by atoms with Crippen molar-refractivity contribution in [2.45, 2.75) is 26.1 Å². The molecule has 6 nitrogen and oxygen atoms in total. The second-order valence-corrected chi connectivity index (χ2v) is 6.24. The van der Waals surface area contributed by atoms with E-state index in [1.807, 2.05) is 25.1 Å². The van der Waals surface area contributed by atoms with Crippen molar-refractivity contribution in [3.05, 3.63) is 71.4 Å². The number of fused-ring (bicyclic) bond motifs is 1. The molecule has 0 saturated carbocycles. The first-order valence-electron chi connectivity index (χ1n) is 8.39. The second kappa shape index (κ2) is 6.59. The molecule has 0 bridgehead atoms. The normalized spacial score (nSPS) is 17.4. The summed E-state index contributed by atoms with van der Waals surface area (Å²) in [5.41, 5.74) is 2.73. The quantitative estimate of drug-likeness (QED) is 0.761. The monoisotopic (exact) mass is 351 g/mol. The highest BCUT2D eigenvalue weighted by atomic mass is 19.1. The van der Waals surface area contributed by atoms with Crippen LogP contribution in [-0.2, 0) is 11.3 Å². The zero-order valence-electron chi connectivity index (χ0n) is 14.2. The maximum absolute atomic E-state index is 14.1. The number of nitrogens with one attached hydrogen (secondary N) is 2. The van der Waals surface area contributed by atoms with E-state index in [-0.39, 0.29) is 18.3 Å². The van der Waals surface area contributed by atoms with Crippen LogP contribution in [0.15, 0.2) is 54.4 Å². The van der Waals surface area contributed by atoms with Crippen LogP contribution in [0.5, 0.6) is 0 Å². The number of amides is 1. The largest absolute Gasteiger partial charge is 0.364 e. The highest BCUT2D eigenvalue weighted by Gasteiger charge is 2.24. The molecule has 132 valence electrons. The minimum atomic E-state index is -0.463. The Morgan fingerprint density at radius 1 is 1.23 bits per heavy atom. The van der Waals surface area contributed by atoms with Crippen molar-refractivity contribution in [1.82, 2.24) is 25.4 Å². The summed E-state index contributed by atoms with van der Waals surface area (Å²) in [6.07, 6.45) is 3.37. The lowest BCUT2D eigenvalue weighted by atomic mass is 10.2. The van der Waals surface area contributed by atoms with Gasteiger partial charge >= 0.3 is 0 Å². The van der Waals surface area contributed by atoms with Crippen molar-refractivity contribution in [3.8, 4) is 0 Å². The molecule has 1 amide bonds. The van der Waals surface area contributed by atoms with Gasteiger partial charge < -0.3 is 10.6 Å². The van der Waals surface area contributed by atoms with Crippen molar-refractivity contribution < 1.29 is 9.18 Å². The summed E-state index contributed by atoms with van der Waals surface area (Å²) in [6.45, 7) is 2.17. The van der Waals surface area contributed by atoms with E-state index in [0.717, 1.165) is 11.1 Å². The number of halogens is 1. The maximum atomic E-state index is 14.1. The fourth-order valence-electron chi connectivity index (χ4n) is 3.07. The Balaban J connectivity index is 1.78. The van der Waals surface area contributed by atoms with E-state index >= 15 is 0 Å². The molecular weight excluding hydrogens is 333 g/mol. The Labute approximate surface area is 149 Å². The first-order valence-corrected chi connectivity index (χ1v) is 8.39. The fourth-order valence-corrected chi connectivity index (χ4v) is 3.07. The molecular formula is C19H18FN5O. The van der Waals surface area contributed by atoms with E-state index in [4.69, 9.17) is 0 Å². The lowest BCUT2D eigenvalue weighted by Crippen LogP contribution is -2.35. The number of carbonyl (C=O) groups excluding carboxylic acids is 1. The molecule has 0 fully saturated rings. The molecule has 3 aromatic rings. The van der Waals surface area contributed by atoms with Crippen LogP contribution in [-0.4, -0.2) is 20.7 Å². The smallest absolute Gasteiger partial charge is 0.225 e. The van der Waals surface area contributed by atoms with Gasteiger partial charge in [-0.25, -0.2) is 14.1 Å². The Morgan fingerprint density at radius 3 is 2.92 bits per heavy atom. The predicted molar refractivity (Wildman–Crippen MR) is 95.4 cm³/mol. The van der Waals surface area contributed by atoms with Gasteiger partial charge in [-0.1, -0.05) is 24.3 Å². The summed E-state index contributed by atoms with van der Waals surface area (Å²) in [5, 5.41) is 11.6. The molecule has 4 rings (SSSR count). The third-order valence-corrected chi connectivity index (χ3v) is 4.36. The minimum absolute atomic E-state index is 0.0833. The average Bonchev–Trinajstić information content (AvgIpc) is 2.91. The summed E-state index contributed by atoms with van der Waals surface area (Å²) in [5.74, 6) is -0.367. The molecule has 2 aromatic heterocycles. The summed E-state index contributed by atoms with van der Waals surface area (Å²) in [4.78, 5) is 16.4. The van der Waals surface area contributed by atoms with Gasteiger partial charge in [0.15, 0.2) is 5.65 Å². The van der Waals surface area contributed by atoms with Crippen LogP contribution in [0, 0.1) is 5.82 Å². The molecule has 1 aliphatic rings. The third-order valence-electron chi connectivity index (χ3n) is 4.36. The van der Waals surface area contributed by atoms with Gasteiger partial charge in [-0.05, 0) is 25.1 Å². The number of rotatable bonds is 3. The highest BCUT2D eigenvalue weighted by Crippen LogP contribution is 2.24. The number of allylic oxidation sites excluding steroid dienone is 1. The van der Waals surface area contributed by atoms with Crippen molar-refractivity contribution in [2.75, 3.05) is 0 Å². The van der Waals surface area contributed by atoms with Gasteiger partial charge in [-0.3, -0.25) is 4.79 Å². The molecule has 3 heterocycles. The summed E-state index contributed by atoms with van der Waals surface area (Å²) < 4.78 is 15.7. The zero-order chi connectivity index (χ0) is 18.1. The summed E-state index contributed by atoms with van der Waals surface area (Å²) in [7, 11) is 0. The molecule has 0 saturated heterocycles. The lowest BCUT2D eigenvalue weighted by molar-refractivity contribution is -0.121. The Bertz CT molecular complexity index is 1010. The van der Waals surface area contributed by atoms with Crippen LogP contribution in [0.25, 0.3) is 11.0 Å². The number of nitrogens with zero attached hydrogens (tertiary/aromatic N) is 3. The van der Waals surface area contributed by atoms with Gasteiger partial charge in [0.1, 0.15) is 17.7 Å². The topological polar surface area (TPSA) is 71.8 Å². The van der Waals surface area contributed by atoms with E-state index in [1.165, 1.54) is 6.07 Å². The van der Waals surface area contributed by atoms with Gasteiger partial charge in [0.05, 0.1) is 6.54 Å². The van der Waals surface area contributed by atoms with Crippen molar-refractivity contribution in [2.24, 2.45) is 0 Å². The van der Waals surface area contributed by atoms with Gasteiger partial charge in [-0.2, -0.15) is 5.10 Å². The molecule has 0 aliphatic carbocycles. The van der Waals surface area contributed by atoms with Crippen LogP contribution < -0.4 is 10.6 Å². The molecule has 1 atom stereocenters. The molecule has 7 heteroatoms. The summed E-state index contributed by atoms with van der Waals surface area (Å²) in [6, 6.07) is 10.3. The highest BCUT2D eigenvalue weighted by molar-refractivity contribution is 5.82. The van der Waals surface area contributed by atoms with Crippen molar-refractivity contribution in [1.29, 1.82) is 0 Å². The second-order valence-electron chi connectivity index (χ2n) is 6.24. The molecule has 1 unspecified atom stereocenters. The number of benzene rings is 1.